The molecule has 74 valence electrons. The molecule has 0 spiro atoms. The highest BCUT2D eigenvalue weighted by Crippen LogP contribution is 2.11. The van der Waals surface area contributed by atoms with Crippen molar-refractivity contribution < 1.29 is 12.6 Å². The molecule has 12 heavy (non-hydrogen) atoms. The van der Waals surface area contributed by atoms with Gasteiger partial charge in [-0.2, -0.15) is 0 Å². The van der Waals surface area contributed by atoms with Gasteiger partial charge in [0.1, 0.15) is 0 Å². The number of hydrogen-bond acceptors (Lipinski definition) is 3. The first-order valence-electron chi connectivity index (χ1n) is 3.82. The van der Waals surface area contributed by atoms with Crippen LogP contribution in [0.25, 0.3) is 0 Å². The molecular weight excluding hydrogens is 198 g/mol. The number of thiol groups is 1. The zero-order valence-corrected chi connectivity index (χ0v) is 9.07. The van der Waals surface area contributed by atoms with Crippen molar-refractivity contribution >= 4 is 20.0 Å². The Morgan fingerprint density at radius 3 is 2.00 bits per heavy atom. The quantitative estimate of drug-likeness (QED) is 0.563. The van der Waals surface area contributed by atoms with Gasteiger partial charge in [-0.25, -0.2) is 12.7 Å². The smallest absolute Gasteiger partial charge is 0.211 e. The summed E-state index contributed by atoms with van der Waals surface area (Å²) in [4.78, 5) is 0. The molecule has 1 heterocycles. The van der Waals surface area contributed by atoms with Gasteiger partial charge in [0.25, 0.3) is 0 Å². The largest absolute Gasteiger partial charge is 0.285 e. The molecule has 1 rings (SSSR count). The lowest BCUT2D eigenvalue weighted by Crippen LogP contribution is -2.45. The van der Waals surface area contributed by atoms with Crippen LogP contribution in [0.15, 0.2) is 0 Å². The second kappa shape index (κ2) is 3.08. The zero-order chi connectivity index (χ0) is 9.41. The van der Waals surface area contributed by atoms with E-state index in [1.54, 1.807) is 6.26 Å². The predicted molar refractivity (Wildman–Crippen MR) is 51.6 cm³/mol. The standard InChI is InChI=1S/C6H15NO3S2/c1-11(8)5-3-7(4-6-11)12(2,9)10/h11H,3-6H2,1-2H3. The van der Waals surface area contributed by atoms with Gasteiger partial charge in [-0.05, 0) is 6.26 Å². The minimum Gasteiger partial charge on any atom is -0.285 e. The second-order valence-electron chi connectivity index (χ2n) is 3.41. The molecule has 0 bridgehead atoms. The molecule has 1 saturated heterocycles. The van der Waals surface area contributed by atoms with Crippen LogP contribution < -0.4 is 0 Å². The van der Waals surface area contributed by atoms with Crippen molar-refractivity contribution in [3.63, 3.8) is 0 Å². The number of nitrogens with zero attached hydrogens (tertiary/aromatic N) is 1. The maximum atomic E-state index is 11.5. The Labute approximate surface area is 74.4 Å². The van der Waals surface area contributed by atoms with E-state index in [9.17, 15) is 12.6 Å². The number of hydrogen-bond donors (Lipinski definition) is 1. The van der Waals surface area contributed by atoms with Gasteiger partial charge >= 0.3 is 0 Å². The summed E-state index contributed by atoms with van der Waals surface area (Å²) in [6.07, 6.45) is 2.94. The Balaban J connectivity index is 2.65. The second-order valence-corrected chi connectivity index (χ2v) is 8.88. The van der Waals surface area contributed by atoms with E-state index in [0.717, 1.165) is 0 Å². The molecule has 6 heteroatoms. The van der Waals surface area contributed by atoms with Gasteiger partial charge in [0.05, 0.1) is 6.26 Å². The zero-order valence-electron chi connectivity index (χ0n) is 7.36. The average Bonchev–Trinajstić information content (AvgIpc) is 1.83. The Kier molecular flexibility index (Phi) is 2.60. The Hall–Kier alpha value is 0.0600. The van der Waals surface area contributed by atoms with E-state index in [2.05, 4.69) is 0 Å². The first-order chi connectivity index (χ1) is 5.31. The predicted octanol–water partition coefficient (Wildman–Crippen LogP) is -1.09. The molecule has 0 atom stereocenters. The van der Waals surface area contributed by atoms with E-state index in [1.165, 1.54) is 10.6 Å². The van der Waals surface area contributed by atoms with E-state index in [-0.39, 0.29) is 0 Å². The van der Waals surface area contributed by atoms with Crippen molar-refractivity contribution in [1.29, 1.82) is 0 Å². The monoisotopic (exact) mass is 213 g/mol. The summed E-state index contributed by atoms with van der Waals surface area (Å²) in [5.41, 5.74) is 0. The molecule has 1 fully saturated rings. The van der Waals surface area contributed by atoms with Gasteiger partial charge in [-0.1, -0.05) is 0 Å². The lowest BCUT2D eigenvalue weighted by molar-refractivity contribution is 0.441. The summed E-state index contributed by atoms with van der Waals surface area (Å²) in [5.74, 6) is 1.06. The molecule has 0 unspecified atom stereocenters. The fourth-order valence-electron chi connectivity index (χ4n) is 1.20. The molecule has 0 amide bonds. The van der Waals surface area contributed by atoms with Crippen molar-refractivity contribution in [2.24, 2.45) is 0 Å². The van der Waals surface area contributed by atoms with Crippen LogP contribution in [-0.2, 0) is 20.0 Å². The van der Waals surface area contributed by atoms with Crippen molar-refractivity contribution in [1.82, 2.24) is 4.31 Å². The van der Waals surface area contributed by atoms with Crippen LogP contribution in [0.4, 0.5) is 0 Å². The maximum Gasteiger partial charge on any atom is 0.211 e. The molecule has 0 aromatic rings. The molecule has 0 N–H and O–H groups in total. The SMILES string of the molecule is CS(=O)(=O)N1CC[SH](C)(=O)CC1. The Morgan fingerprint density at radius 2 is 1.67 bits per heavy atom. The van der Waals surface area contributed by atoms with Crippen LogP contribution in [0.3, 0.4) is 0 Å². The summed E-state index contributed by atoms with van der Waals surface area (Å²) < 4.78 is 34.9. The summed E-state index contributed by atoms with van der Waals surface area (Å²) in [5, 5.41) is 0. The van der Waals surface area contributed by atoms with Crippen molar-refractivity contribution in [2.75, 3.05) is 37.1 Å². The fraction of sp³-hybridized carbons (Fsp3) is 1.00. The average molecular weight is 213 g/mol. The number of rotatable bonds is 1. The summed E-state index contributed by atoms with van der Waals surface area (Å²) in [6, 6.07) is 0. The topological polar surface area (TPSA) is 54.5 Å². The van der Waals surface area contributed by atoms with Crippen molar-refractivity contribution in [2.45, 2.75) is 0 Å². The first kappa shape index (κ1) is 10.1. The third kappa shape index (κ3) is 2.53. The van der Waals surface area contributed by atoms with Crippen LogP contribution in [0, 0.1) is 0 Å². The van der Waals surface area contributed by atoms with Crippen molar-refractivity contribution in [3.05, 3.63) is 0 Å². The van der Waals surface area contributed by atoms with E-state index in [4.69, 9.17) is 0 Å². The highest BCUT2D eigenvalue weighted by molar-refractivity contribution is 8.02. The van der Waals surface area contributed by atoms with Gasteiger partial charge in [-0.15, -0.1) is 9.93 Å². The Morgan fingerprint density at radius 1 is 1.25 bits per heavy atom. The normalized spacial score (nSPS) is 28.2. The molecular formula is C6H15NO3S2. The first-order valence-corrected chi connectivity index (χ1v) is 8.19. The molecule has 0 aliphatic carbocycles. The summed E-state index contributed by atoms with van der Waals surface area (Å²) in [7, 11) is -5.06. The van der Waals surface area contributed by atoms with Crippen LogP contribution in [0.5, 0.6) is 0 Å². The molecule has 1 aliphatic rings. The minimum atomic E-state index is -3.06. The molecule has 4 nitrogen and oxygen atoms in total. The van der Waals surface area contributed by atoms with E-state index >= 15 is 0 Å². The number of sulfonamides is 1. The van der Waals surface area contributed by atoms with Crippen LogP contribution in [-0.4, -0.2) is 54.0 Å². The van der Waals surface area contributed by atoms with Gasteiger partial charge in [-0.3, -0.25) is 4.21 Å². The van der Waals surface area contributed by atoms with Gasteiger partial charge in [0.15, 0.2) is 0 Å². The molecule has 0 saturated carbocycles. The maximum absolute atomic E-state index is 11.5. The van der Waals surface area contributed by atoms with Gasteiger partial charge in [0, 0.05) is 24.6 Å². The van der Waals surface area contributed by atoms with Crippen molar-refractivity contribution in [3.8, 4) is 0 Å². The van der Waals surface area contributed by atoms with E-state index < -0.39 is 20.0 Å². The summed E-state index contributed by atoms with van der Waals surface area (Å²) in [6.45, 7) is 0.846. The van der Waals surface area contributed by atoms with Gasteiger partial charge in [0.2, 0.25) is 10.0 Å². The van der Waals surface area contributed by atoms with E-state index in [0.29, 0.717) is 24.6 Å². The molecule has 0 radical (unpaired) electrons. The van der Waals surface area contributed by atoms with Crippen LogP contribution >= 0.6 is 0 Å². The fourth-order valence-corrected chi connectivity index (χ4v) is 3.87. The van der Waals surface area contributed by atoms with Crippen LogP contribution in [0.2, 0.25) is 0 Å². The highest BCUT2D eigenvalue weighted by Gasteiger charge is 2.25. The third-order valence-corrected chi connectivity index (χ3v) is 5.71. The molecule has 1 aliphatic heterocycles. The summed E-state index contributed by atoms with van der Waals surface area (Å²) >= 11 is 0. The molecule has 0 aromatic carbocycles. The lowest BCUT2D eigenvalue weighted by atomic mass is 10.6. The minimum absolute atomic E-state index is 0.423. The highest BCUT2D eigenvalue weighted by atomic mass is 32.2. The lowest BCUT2D eigenvalue weighted by Gasteiger charge is -2.31. The third-order valence-electron chi connectivity index (χ3n) is 2.11. The van der Waals surface area contributed by atoms with E-state index in [1.807, 2.05) is 0 Å². The molecule has 0 aromatic heterocycles. The van der Waals surface area contributed by atoms with Gasteiger partial charge < -0.3 is 0 Å². The van der Waals surface area contributed by atoms with Crippen LogP contribution in [0.1, 0.15) is 0 Å². The Bertz CT molecular complexity index is 297.